The topological polar surface area (TPSA) is 81.9 Å². The predicted molar refractivity (Wildman–Crippen MR) is 87.1 cm³/mol. The number of amides is 1. The van der Waals surface area contributed by atoms with Crippen LogP contribution in [0, 0.1) is 0 Å². The molecule has 2 aromatic rings. The van der Waals surface area contributed by atoms with E-state index in [9.17, 15) is 18.0 Å². The number of benzene rings is 1. The van der Waals surface area contributed by atoms with Crippen LogP contribution in [0.5, 0.6) is 0 Å². The molecule has 1 aromatic carbocycles. The van der Waals surface area contributed by atoms with Crippen molar-refractivity contribution >= 4 is 5.91 Å². The lowest BCUT2D eigenvalue weighted by Gasteiger charge is -2.10. The van der Waals surface area contributed by atoms with Crippen LogP contribution in [0.1, 0.15) is 31.9 Å². The van der Waals surface area contributed by atoms with Crippen molar-refractivity contribution in [3.63, 3.8) is 0 Å². The van der Waals surface area contributed by atoms with E-state index in [-0.39, 0.29) is 17.3 Å². The van der Waals surface area contributed by atoms with Gasteiger partial charge in [-0.25, -0.2) is 0 Å². The van der Waals surface area contributed by atoms with Crippen LogP contribution in [0.15, 0.2) is 24.3 Å². The Labute approximate surface area is 148 Å². The molecule has 1 aromatic heterocycles. The Hall–Kier alpha value is -2.49. The monoisotopic (exact) mass is 371 g/mol. The number of alkyl halides is 3. The highest BCUT2D eigenvalue weighted by molar-refractivity contribution is 5.79. The van der Waals surface area contributed by atoms with Crippen LogP contribution in [-0.4, -0.2) is 45.9 Å². The number of carbonyl (C=O) groups is 1. The molecule has 0 fully saturated rings. The number of hydrogen-bond donors (Lipinski definition) is 1. The van der Waals surface area contributed by atoms with Crippen LogP contribution in [0.4, 0.5) is 13.2 Å². The number of hydrogen-bond acceptors (Lipinski definition) is 5. The number of nitrogens with one attached hydrogen (secondary N) is 1. The fraction of sp³-hybridized carbons (Fsp3) is 0.500. The van der Waals surface area contributed by atoms with Gasteiger partial charge < -0.3 is 10.1 Å². The summed E-state index contributed by atoms with van der Waals surface area (Å²) in [5.74, 6) is -0.290. The van der Waals surface area contributed by atoms with Gasteiger partial charge in [-0.05, 0) is 37.6 Å². The minimum absolute atomic E-state index is 0.0205. The molecule has 0 aliphatic heterocycles. The maximum absolute atomic E-state index is 12.8. The number of halogens is 3. The lowest BCUT2D eigenvalue weighted by Crippen LogP contribution is -2.33. The second-order valence-corrected chi connectivity index (χ2v) is 5.53. The van der Waals surface area contributed by atoms with Crippen LogP contribution in [0.2, 0.25) is 0 Å². The minimum atomic E-state index is -4.46. The van der Waals surface area contributed by atoms with Gasteiger partial charge in [0.25, 0.3) is 0 Å². The summed E-state index contributed by atoms with van der Waals surface area (Å²) in [6.07, 6.45) is -3.78. The fourth-order valence-electron chi connectivity index (χ4n) is 2.12. The first kappa shape index (κ1) is 19.8. The van der Waals surface area contributed by atoms with Gasteiger partial charge in [0.05, 0.1) is 5.56 Å². The van der Waals surface area contributed by atoms with Crippen molar-refractivity contribution in [2.75, 3.05) is 19.8 Å². The summed E-state index contributed by atoms with van der Waals surface area (Å²) in [5, 5.41) is 14.3. The maximum Gasteiger partial charge on any atom is 0.416 e. The number of ether oxygens (including phenoxy) is 1. The van der Waals surface area contributed by atoms with E-state index in [0.29, 0.717) is 26.2 Å². The highest BCUT2D eigenvalue weighted by Crippen LogP contribution is 2.31. The quantitative estimate of drug-likeness (QED) is 0.721. The van der Waals surface area contributed by atoms with Crippen LogP contribution >= 0.6 is 0 Å². The normalized spacial score (nSPS) is 12.8. The van der Waals surface area contributed by atoms with Gasteiger partial charge in [0.15, 0.2) is 0 Å². The predicted octanol–water partition coefficient (Wildman–Crippen LogP) is 2.46. The number of rotatable bonds is 8. The smallest absolute Gasteiger partial charge is 0.382 e. The SMILES string of the molecule is CCOCCCNC(=O)C(C)n1nnc(-c2cccc(C(F)(F)F)c2)n1. The zero-order chi connectivity index (χ0) is 19.2. The third kappa shape index (κ3) is 5.25. The average Bonchev–Trinajstić information content (AvgIpc) is 3.10. The van der Waals surface area contributed by atoms with Gasteiger partial charge in [-0.2, -0.15) is 18.0 Å². The summed E-state index contributed by atoms with van der Waals surface area (Å²) in [6, 6.07) is 3.89. The highest BCUT2D eigenvalue weighted by Gasteiger charge is 2.30. The van der Waals surface area contributed by atoms with E-state index in [2.05, 4.69) is 20.7 Å². The summed E-state index contributed by atoms with van der Waals surface area (Å²) in [7, 11) is 0. The highest BCUT2D eigenvalue weighted by atomic mass is 19.4. The molecule has 1 heterocycles. The third-order valence-electron chi connectivity index (χ3n) is 3.57. The van der Waals surface area contributed by atoms with Crippen LogP contribution in [-0.2, 0) is 15.7 Å². The van der Waals surface area contributed by atoms with E-state index in [1.54, 1.807) is 6.92 Å². The second-order valence-electron chi connectivity index (χ2n) is 5.53. The minimum Gasteiger partial charge on any atom is -0.382 e. The first-order chi connectivity index (χ1) is 12.3. The molecule has 1 atom stereocenters. The Bertz CT molecular complexity index is 733. The molecule has 0 bridgehead atoms. The van der Waals surface area contributed by atoms with Crippen molar-refractivity contribution in [3.8, 4) is 11.4 Å². The van der Waals surface area contributed by atoms with Gasteiger partial charge in [0.2, 0.25) is 11.7 Å². The molecular formula is C16H20F3N5O2. The molecule has 0 radical (unpaired) electrons. The first-order valence-electron chi connectivity index (χ1n) is 8.15. The van der Waals surface area contributed by atoms with E-state index < -0.39 is 17.8 Å². The summed E-state index contributed by atoms with van der Waals surface area (Å²) in [6.45, 7) is 5.07. The second kappa shape index (κ2) is 8.75. The van der Waals surface area contributed by atoms with Gasteiger partial charge in [0.1, 0.15) is 6.04 Å². The van der Waals surface area contributed by atoms with E-state index in [1.807, 2.05) is 6.92 Å². The van der Waals surface area contributed by atoms with Crippen molar-refractivity contribution in [1.82, 2.24) is 25.5 Å². The first-order valence-corrected chi connectivity index (χ1v) is 8.15. The number of carbonyl (C=O) groups excluding carboxylic acids is 1. The van der Waals surface area contributed by atoms with E-state index in [1.165, 1.54) is 12.1 Å². The molecule has 7 nitrogen and oxygen atoms in total. The molecule has 0 spiro atoms. The lowest BCUT2D eigenvalue weighted by atomic mass is 10.1. The van der Waals surface area contributed by atoms with Crippen LogP contribution in [0.25, 0.3) is 11.4 Å². The molecule has 10 heteroatoms. The number of tetrazole rings is 1. The van der Waals surface area contributed by atoms with Gasteiger partial charge in [-0.15, -0.1) is 10.2 Å². The zero-order valence-corrected chi connectivity index (χ0v) is 14.5. The Morgan fingerprint density at radius 2 is 2.15 bits per heavy atom. The molecule has 2 rings (SSSR count). The average molecular weight is 371 g/mol. The fourth-order valence-corrected chi connectivity index (χ4v) is 2.12. The molecule has 142 valence electrons. The maximum atomic E-state index is 12.8. The van der Waals surface area contributed by atoms with Gasteiger partial charge in [-0.3, -0.25) is 4.79 Å². The number of nitrogens with zero attached hydrogens (tertiary/aromatic N) is 4. The molecule has 0 saturated carbocycles. The molecule has 1 amide bonds. The van der Waals surface area contributed by atoms with Crippen molar-refractivity contribution in [2.24, 2.45) is 0 Å². The summed E-state index contributed by atoms with van der Waals surface area (Å²) in [5.41, 5.74) is -0.623. The molecule has 0 aliphatic rings. The Balaban J connectivity index is 2.01. The summed E-state index contributed by atoms with van der Waals surface area (Å²) in [4.78, 5) is 13.2. The van der Waals surface area contributed by atoms with Crippen molar-refractivity contribution in [2.45, 2.75) is 32.5 Å². The molecule has 1 unspecified atom stereocenters. The van der Waals surface area contributed by atoms with E-state index in [4.69, 9.17) is 4.74 Å². The van der Waals surface area contributed by atoms with E-state index >= 15 is 0 Å². The van der Waals surface area contributed by atoms with Crippen LogP contribution in [0.3, 0.4) is 0 Å². The molecule has 0 saturated heterocycles. The van der Waals surface area contributed by atoms with Gasteiger partial charge in [0, 0.05) is 25.3 Å². The van der Waals surface area contributed by atoms with Crippen molar-refractivity contribution in [1.29, 1.82) is 0 Å². The largest absolute Gasteiger partial charge is 0.416 e. The Morgan fingerprint density at radius 1 is 1.38 bits per heavy atom. The molecule has 1 N–H and O–H groups in total. The van der Waals surface area contributed by atoms with Crippen molar-refractivity contribution in [3.05, 3.63) is 29.8 Å². The Morgan fingerprint density at radius 3 is 2.85 bits per heavy atom. The standard InChI is InChI=1S/C16H20F3N5O2/c1-3-26-9-5-8-20-15(25)11(2)24-22-14(21-23-24)12-6-4-7-13(10-12)16(17,18)19/h4,6-7,10-11H,3,5,8-9H2,1-2H3,(H,20,25). The lowest BCUT2D eigenvalue weighted by molar-refractivity contribution is -0.137. The number of aromatic nitrogens is 4. The van der Waals surface area contributed by atoms with Crippen LogP contribution < -0.4 is 5.32 Å². The molecule has 0 aliphatic carbocycles. The summed E-state index contributed by atoms with van der Waals surface area (Å²) < 4.78 is 43.6. The molecule has 26 heavy (non-hydrogen) atoms. The molecular weight excluding hydrogens is 351 g/mol. The summed E-state index contributed by atoms with van der Waals surface area (Å²) >= 11 is 0. The van der Waals surface area contributed by atoms with Crippen molar-refractivity contribution < 1.29 is 22.7 Å². The Kier molecular flexibility index (Phi) is 6.67. The van der Waals surface area contributed by atoms with E-state index in [0.717, 1.165) is 16.9 Å². The zero-order valence-electron chi connectivity index (χ0n) is 14.5. The van der Waals surface area contributed by atoms with Gasteiger partial charge >= 0.3 is 6.18 Å². The third-order valence-corrected chi connectivity index (χ3v) is 3.57. The van der Waals surface area contributed by atoms with Gasteiger partial charge in [-0.1, -0.05) is 12.1 Å².